The maximum atomic E-state index is 11.9. The van der Waals surface area contributed by atoms with Crippen LogP contribution in [0.5, 0.6) is 0 Å². The zero-order valence-corrected chi connectivity index (χ0v) is 12.4. The number of aromatic amines is 1. The number of amides is 2. The van der Waals surface area contributed by atoms with Gasteiger partial charge < -0.3 is 25.6 Å². The van der Waals surface area contributed by atoms with Gasteiger partial charge in [0.2, 0.25) is 0 Å². The van der Waals surface area contributed by atoms with Gasteiger partial charge in [0.15, 0.2) is 0 Å². The summed E-state index contributed by atoms with van der Waals surface area (Å²) < 4.78 is 0. The predicted octanol–water partition coefficient (Wildman–Crippen LogP) is 1.48. The van der Waals surface area contributed by atoms with Crippen LogP contribution in [0.1, 0.15) is 29.5 Å². The molecule has 0 spiro atoms. The van der Waals surface area contributed by atoms with Gasteiger partial charge in [0, 0.05) is 18.8 Å². The molecule has 1 aliphatic rings. The molecule has 0 saturated carbocycles. The molecule has 7 heteroatoms. The number of H-pyrrole nitrogens is 1. The van der Waals surface area contributed by atoms with Gasteiger partial charge in [0.05, 0.1) is 5.69 Å². The largest absolute Gasteiger partial charge is 0.477 e. The SMILES string of the molecule is CCN1CCC(CNC(=O)Nc2cc(C)[nH]c2C(=O)O)C1. The smallest absolute Gasteiger partial charge is 0.354 e. The van der Waals surface area contributed by atoms with E-state index >= 15 is 0 Å². The van der Waals surface area contributed by atoms with Crippen LogP contribution in [0.3, 0.4) is 0 Å². The van der Waals surface area contributed by atoms with Crippen LogP contribution in [-0.2, 0) is 0 Å². The molecule has 2 rings (SSSR count). The third-order valence-electron chi connectivity index (χ3n) is 3.78. The summed E-state index contributed by atoms with van der Waals surface area (Å²) >= 11 is 0. The average molecular weight is 294 g/mol. The first-order valence-corrected chi connectivity index (χ1v) is 7.19. The molecule has 1 aliphatic heterocycles. The molecule has 0 bridgehead atoms. The number of aryl methyl sites for hydroxylation is 1. The Morgan fingerprint density at radius 3 is 2.90 bits per heavy atom. The first-order chi connectivity index (χ1) is 9.99. The predicted molar refractivity (Wildman–Crippen MR) is 79.7 cm³/mol. The molecule has 0 radical (unpaired) electrons. The molecular formula is C14H22N4O3. The number of nitrogens with one attached hydrogen (secondary N) is 3. The molecule has 4 N–H and O–H groups in total. The number of likely N-dealkylation sites (tertiary alicyclic amines) is 1. The highest BCUT2D eigenvalue weighted by Gasteiger charge is 2.22. The van der Waals surface area contributed by atoms with E-state index < -0.39 is 5.97 Å². The Hall–Kier alpha value is -2.02. The summed E-state index contributed by atoms with van der Waals surface area (Å²) in [5.41, 5.74) is 0.983. The molecule has 1 aromatic heterocycles. The van der Waals surface area contributed by atoms with Gasteiger partial charge in [-0.25, -0.2) is 9.59 Å². The second-order valence-corrected chi connectivity index (χ2v) is 5.43. The fourth-order valence-electron chi connectivity index (χ4n) is 2.63. The van der Waals surface area contributed by atoms with Crippen LogP contribution < -0.4 is 10.6 Å². The van der Waals surface area contributed by atoms with Crippen molar-refractivity contribution in [2.75, 3.05) is 31.5 Å². The van der Waals surface area contributed by atoms with Crippen LogP contribution in [0, 0.1) is 12.8 Å². The molecule has 1 aromatic rings. The van der Waals surface area contributed by atoms with E-state index in [0.29, 0.717) is 23.8 Å². The highest BCUT2D eigenvalue weighted by atomic mass is 16.4. The molecule has 21 heavy (non-hydrogen) atoms. The van der Waals surface area contributed by atoms with Crippen LogP contribution >= 0.6 is 0 Å². The van der Waals surface area contributed by atoms with E-state index in [-0.39, 0.29) is 11.7 Å². The Labute approximate surface area is 123 Å². The van der Waals surface area contributed by atoms with E-state index in [2.05, 4.69) is 27.4 Å². The number of nitrogens with zero attached hydrogens (tertiary/aromatic N) is 1. The van der Waals surface area contributed by atoms with Crippen molar-refractivity contribution in [1.82, 2.24) is 15.2 Å². The molecule has 0 aliphatic carbocycles. The fourth-order valence-corrected chi connectivity index (χ4v) is 2.63. The minimum absolute atomic E-state index is 0.000625. The van der Waals surface area contributed by atoms with Crippen molar-refractivity contribution in [2.24, 2.45) is 5.92 Å². The Morgan fingerprint density at radius 1 is 1.52 bits per heavy atom. The Kier molecular flexibility index (Phi) is 4.85. The van der Waals surface area contributed by atoms with Crippen molar-refractivity contribution < 1.29 is 14.7 Å². The standard InChI is InChI=1S/C14H22N4O3/c1-3-18-5-4-10(8-18)7-15-14(21)17-11-6-9(2)16-12(11)13(19)20/h6,10,16H,3-5,7-8H2,1-2H3,(H,19,20)(H2,15,17,21). The summed E-state index contributed by atoms with van der Waals surface area (Å²) in [6.45, 7) is 7.59. The van der Waals surface area contributed by atoms with E-state index in [1.807, 2.05) is 0 Å². The third-order valence-corrected chi connectivity index (χ3v) is 3.78. The van der Waals surface area contributed by atoms with Gasteiger partial charge in [0.1, 0.15) is 5.69 Å². The number of carboxylic acids is 1. The Bertz CT molecular complexity index is 526. The van der Waals surface area contributed by atoms with Crippen LogP contribution in [0.25, 0.3) is 0 Å². The second-order valence-electron chi connectivity index (χ2n) is 5.43. The lowest BCUT2D eigenvalue weighted by Gasteiger charge is -2.14. The van der Waals surface area contributed by atoms with Crippen molar-refractivity contribution in [2.45, 2.75) is 20.3 Å². The molecule has 2 heterocycles. The fraction of sp³-hybridized carbons (Fsp3) is 0.571. The highest BCUT2D eigenvalue weighted by molar-refractivity contribution is 5.99. The van der Waals surface area contributed by atoms with Gasteiger partial charge in [-0.3, -0.25) is 0 Å². The quantitative estimate of drug-likeness (QED) is 0.661. The Balaban J connectivity index is 1.84. The summed E-state index contributed by atoms with van der Waals surface area (Å²) in [7, 11) is 0. The number of carboxylic acid groups (broad SMARTS) is 1. The van der Waals surface area contributed by atoms with Crippen molar-refractivity contribution in [3.05, 3.63) is 17.5 Å². The first kappa shape index (κ1) is 15.4. The van der Waals surface area contributed by atoms with Crippen LogP contribution in [0.2, 0.25) is 0 Å². The average Bonchev–Trinajstić information content (AvgIpc) is 3.03. The van der Waals surface area contributed by atoms with Gasteiger partial charge in [-0.15, -0.1) is 0 Å². The summed E-state index contributed by atoms with van der Waals surface area (Å²) in [6.07, 6.45) is 1.08. The molecular weight excluding hydrogens is 272 g/mol. The summed E-state index contributed by atoms with van der Waals surface area (Å²) in [4.78, 5) is 28.0. The van der Waals surface area contributed by atoms with Gasteiger partial charge >= 0.3 is 12.0 Å². The molecule has 7 nitrogen and oxygen atoms in total. The second kappa shape index (κ2) is 6.62. The maximum absolute atomic E-state index is 11.9. The number of carbonyl (C=O) groups excluding carboxylic acids is 1. The normalized spacial score (nSPS) is 18.7. The number of aromatic carboxylic acids is 1. The maximum Gasteiger partial charge on any atom is 0.354 e. The Morgan fingerprint density at radius 2 is 2.29 bits per heavy atom. The van der Waals surface area contributed by atoms with E-state index in [4.69, 9.17) is 5.11 Å². The number of aromatic nitrogens is 1. The monoisotopic (exact) mass is 294 g/mol. The lowest BCUT2D eigenvalue weighted by molar-refractivity contribution is 0.0692. The number of carbonyl (C=O) groups is 2. The topological polar surface area (TPSA) is 97.5 Å². The van der Waals surface area contributed by atoms with E-state index in [0.717, 1.165) is 26.1 Å². The van der Waals surface area contributed by atoms with Gasteiger partial charge in [-0.05, 0) is 38.4 Å². The molecule has 1 fully saturated rings. The summed E-state index contributed by atoms with van der Waals surface area (Å²) in [5.74, 6) is -0.629. The number of rotatable bonds is 5. The van der Waals surface area contributed by atoms with Crippen molar-refractivity contribution >= 4 is 17.7 Å². The van der Waals surface area contributed by atoms with Crippen molar-refractivity contribution in [3.8, 4) is 0 Å². The number of anilines is 1. The molecule has 116 valence electrons. The van der Waals surface area contributed by atoms with E-state index in [1.54, 1.807) is 13.0 Å². The third kappa shape index (κ3) is 3.98. The number of urea groups is 1. The van der Waals surface area contributed by atoms with E-state index in [1.165, 1.54) is 0 Å². The van der Waals surface area contributed by atoms with Gasteiger partial charge in [0.25, 0.3) is 0 Å². The summed E-state index contributed by atoms with van der Waals surface area (Å²) in [5, 5.41) is 14.4. The first-order valence-electron chi connectivity index (χ1n) is 7.19. The van der Waals surface area contributed by atoms with Gasteiger partial charge in [-0.2, -0.15) is 0 Å². The van der Waals surface area contributed by atoms with Crippen molar-refractivity contribution in [1.29, 1.82) is 0 Å². The van der Waals surface area contributed by atoms with Crippen molar-refractivity contribution in [3.63, 3.8) is 0 Å². The number of hydrogen-bond donors (Lipinski definition) is 4. The lowest BCUT2D eigenvalue weighted by Crippen LogP contribution is -2.34. The lowest BCUT2D eigenvalue weighted by atomic mass is 10.1. The van der Waals surface area contributed by atoms with E-state index in [9.17, 15) is 9.59 Å². The van der Waals surface area contributed by atoms with Gasteiger partial charge in [-0.1, -0.05) is 6.92 Å². The zero-order chi connectivity index (χ0) is 15.4. The van der Waals surface area contributed by atoms with Crippen LogP contribution in [0.4, 0.5) is 10.5 Å². The number of hydrogen-bond acceptors (Lipinski definition) is 3. The highest BCUT2D eigenvalue weighted by Crippen LogP contribution is 2.17. The van der Waals surface area contributed by atoms with Crippen LogP contribution in [0.15, 0.2) is 6.07 Å². The molecule has 0 aromatic carbocycles. The molecule has 1 saturated heterocycles. The summed E-state index contributed by atoms with van der Waals surface area (Å²) in [6, 6.07) is 1.24. The molecule has 1 unspecified atom stereocenters. The minimum atomic E-state index is -1.09. The molecule has 2 amide bonds. The zero-order valence-electron chi connectivity index (χ0n) is 12.4. The minimum Gasteiger partial charge on any atom is -0.477 e. The van der Waals surface area contributed by atoms with Crippen LogP contribution in [-0.4, -0.2) is 53.2 Å². The molecule has 1 atom stereocenters.